The number of thiophene rings is 1. The molecule has 2 rings (SSSR count). The highest BCUT2D eigenvalue weighted by Gasteiger charge is 2.09. The lowest BCUT2D eigenvalue weighted by molar-refractivity contribution is 0.0691. The number of rotatable bonds is 6. The van der Waals surface area contributed by atoms with Crippen LogP contribution in [-0.2, 0) is 13.0 Å². The third kappa shape index (κ3) is 4.54. The maximum atomic E-state index is 11.6. The van der Waals surface area contributed by atoms with Crippen LogP contribution in [0.4, 0.5) is 4.79 Å². The average Bonchev–Trinajstić information content (AvgIpc) is 3.06. The molecule has 0 bridgehead atoms. The summed E-state index contributed by atoms with van der Waals surface area (Å²) in [5.74, 6) is -1.03. The van der Waals surface area contributed by atoms with Crippen LogP contribution in [0.1, 0.15) is 26.6 Å². The number of nitrogens with one attached hydrogen (secondary N) is 2. The fourth-order valence-electron chi connectivity index (χ4n) is 1.61. The number of hydrogen-bond acceptors (Lipinski definition) is 5. The van der Waals surface area contributed by atoms with Gasteiger partial charge in [-0.25, -0.2) is 14.6 Å². The van der Waals surface area contributed by atoms with Crippen molar-refractivity contribution in [1.82, 2.24) is 15.6 Å². The van der Waals surface area contributed by atoms with Gasteiger partial charge in [-0.2, -0.15) is 11.3 Å². The molecule has 2 amide bonds. The van der Waals surface area contributed by atoms with Crippen molar-refractivity contribution < 1.29 is 14.7 Å². The van der Waals surface area contributed by atoms with Crippen LogP contribution in [0.25, 0.3) is 0 Å². The number of aromatic nitrogens is 1. The topological polar surface area (TPSA) is 91.3 Å². The minimum absolute atomic E-state index is 0.0485. The van der Waals surface area contributed by atoms with Gasteiger partial charge in [0, 0.05) is 24.9 Å². The molecule has 0 aliphatic rings. The summed E-state index contributed by atoms with van der Waals surface area (Å²) in [5.41, 5.74) is 2.33. The highest BCUT2D eigenvalue weighted by atomic mass is 32.1. The average molecular weight is 325 g/mol. The van der Waals surface area contributed by atoms with Crippen LogP contribution in [0.3, 0.4) is 0 Å². The number of carbonyl (C=O) groups excluding carboxylic acids is 1. The number of thiazole rings is 1. The SMILES string of the molecule is Cc1cscc1CNC(=O)NCCc1nc(C(=O)O)cs1. The molecule has 8 heteroatoms. The normalized spacial score (nSPS) is 10.3. The number of hydrogen-bond donors (Lipinski definition) is 3. The van der Waals surface area contributed by atoms with E-state index in [4.69, 9.17) is 5.11 Å². The van der Waals surface area contributed by atoms with Crippen LogP contribution in [0.5, 0.6) is 0 Å². The lowest BCUT2D eigenvalue weighted by Crippen LogP contribution is -2.36. The smallest absolute Gasteiger partial charge is 0.355 e. The van der Waals surface area contributed by atoms with Crippen molar-refractivity contribution >= 4 is 34.7 Å². The van der Waals surface area contributed by atoms with Crippen molar-refractivity contribution in [2.45, 2.75) is 19.9 Å². The lowest BCUT2D eigenvalue weighted by atomic mass is 10.2. The predicted molar refractivity (Wildman–Crippen MR) is 82.1 cm³/mol. The molecule has 0 aliphatic carbocycles. The quantitative estimate of drug-likeness (QED) is 0.759. The number of carbonyl (C=O) groups is 2. The molecule has 0 radical (unpaired) electrons. The molecular weight excluding hydrogens is 310 g/mol. The second-order valence-corrected chi connectivity index (χ2v) is 6.06. The summed E-state index contributed by atoms with van der Waals surface area (Å²) in [6.07, 6.45) is 0.517. The van der Waals surface area contributed by atoms with Gasteiger partial charge in [0.15, 0.2) is 5.69 Å². The second-order valence-electron chi connectivity index (χ2n) is 4.37. The zero-order chi connectivity index (χ0) is 15.2. The number of amides is 2. The van der Waals surface area contributed by atoms with Crippen LogP contribution in [0.15, 0.2) is 16.1 Å². The number of urea groups is 1. The number of aryl methyl sites for hydroxylation is 1. The third-order valence-electron chi connectivity index (χ3n) is 2.80. The third-order valence-corrected chi connectivity index (χ3v) is 4.62. The van der Waals surface area contributed by atoms with Crippen molar-refractivity contribution in [3.63, 3.8) is 0 Å². The van der Waals surface area contributed by atoms with E-state index in [1.165, 1.54) is 22.3 Å². The van der Waals surface area contributed by atoms with Gasteiger partial charge in [0.2, 0.25) is 0 Å². The van der Waals surface area contributed by atoms with Gasteiger partial charge in [-0.3, -0.25) is 0 Å². The summed E-state index contributed by atoms with van der Waals surface area (Å²) in [6, 6.07) is -0.240. The molecule has 2 heterocycles. The second kappa shape index (κ2) is 7.19. The number of carboxylic acids is 1. The molecule has 112 valence electrons. The van der Waals surface area contributed by atoms with E-state index in [1.54, 1.807) is 11.3 Å². The van der Waals surface area contributed by atoms with Crippen LogP contribution in [-0.4, -0.2) is 28.6 Å². The van der Waals surface area contributed by atoms with E-state index in [1.807, 2.05) is 17.7 Å². The molecule has 0 fully saturated rings. The van der Waals surface area contributed by atoms with Gasteiger partial charge in [0.05, 0.1) is 5.01 Å². The summed E-state index contributed by atoms with van der Waals surface area (Å²) in [4.78, 5) is 26.3. The monoisotopic (exact) mass is 325 g/mol. The van der Waals surface area contributed by atoms with Gasteiger partial charge in [0.1, 0.15) is 0 Å². The molecule has 0 unspecified atom stereocenters. The first-order valence-electron chi connectivity index (χ1n) is 6.27. The highest BCUT2D eigenvalue weighted by molar-refractivity contribution is 7.09. The van der Waals surface area contributed by atoms with Crippen molar-refractivity contribution in [2.75, 3.05) is 6.54 Å². The van der Waals surface area contributed by atoms with Gasteiger partial charge in [0.25, 0.3) is 0 Å². The first kappa shape index (κ1) is 15.5. The minimum Gasteiger partial charge on any atom is -0.476 e. The fraction of sp³-hybridized carbons (Fsp3) is 0.308. The molecule has 0 saturated heterocycles. The lowest BCUT2D eigenvalue weighted by Gasteiger charge is -2.06. The number of carboxylic acid groups (broad SMARTS) is 1. The molecule has 0 spiro atoms. The molecule has 6 nitrogen and oxygen atoms in total. The zero-order valence-corrected chi connectivity index (χ0v) is 13.0. The van der Waals surface area contributed by atoms with Crippen molar-refractivity contribution in [3.8, 4) is 0 Å². The van der Waals surface area contributed by atoms with Gasteiger partial charge >= 0.3 is 12.0 Å². The van der Waals surface area contributed by atoms with Crippen LogP contribution < -0.4 is 10.6 Å². The summed E-state index contributed by atoms with van der Waals surface area (Å²) >= 11 is 2.89. The summed E-state index contributed by atoms with van der Waals surface area (Å²) in [7, 11) is 0. The molecule has 2 aromatic rings. The van der Waals surface area contributed by atoms with Crippen molar-refractivity contribution in [2.24, 2.45) is 0 Å². The Hall–Kier alpha value is -1.93. The molecular formula is C13H15N3O3S2. The zero-order valence-electron chi connectivity index (χ0n) is 11.4. The van der Waals surface area contributed by atoms with Gasteiger partial charge in [-0.05, 0) is 28.8 Å². The van der Waals surface area contributed by atoms with E-state index in [0.29, 0.717) is 24.5 Å². The standard InChI is InChI=1S/C13H15N3O3S2/c1-8-5-20-6-9(8)4-15-13(19)14-3-2-11-16-10(7-21-11)12(17)18/h5-7H,2-4H2,1H3,(H,17,18)(H2,14,15,19). The molecule has 0 saturated carbocycles. The Labute approximate surface area is 129 Å². The van der Waals surface area contributed by atoms with E-state index in [-0.39, 0.29) is 11.7 Å². The van der Waals surface area contributed by atoms with E-state index >= 15 is 0 Å². The van der Waals surface area contributed by atoms with Gasteiger partial charge in [-0.1, -0.05) is 0 Å². The highest BCUT2D eigenvalue weighted by Crippen LogP contribution is 2.13. The van der Waals surface area contributed by atoms with E-state index < -0.39 is 5.97 Å². The fourth-order valence-corrected chi connectivity index (χ4v) is 3.24. The molecule has 0 aromatic carbocycles. The van der Waals surface area contributed by atoms with Crippen LogP contribution in [0, 0.1) is 6.92 Å². The first-order chi connectivity index (χ1) is 10.1. The predicted octanol–water partition coefficient (Wildman–Crippen LogP) is 2.25. The molecule has 0 aliphatic heterocycles. The van der Waals surface area contributed by atoms with E-state index in [9.17, 15) is 9.59 Å². The van der Waals surface area contributed by atoms with Gasteiger partial charge in [-0.15, -0.1) is 11.3 Å². The summed E-state index contributed by atoms with van der Waals surface area (Å²) in [5, 5.41) is 20.5. The van der Waals surface area contributed by atoms with Gasteiger partial charge < -0.3 is 15.7 Å². The largest absolute Gasteiger partial charge is 0.476 e. The van der Waals surface area contributed by atoms with Crippen molar-refractivity contribution in [1.29, 1.82) is 0 Å². The maximum absolute atomic E-state index is 11.6. The van der Waals surface area contributed by atoms with E-state index in [0.717, 1.165) is 5.56 Å². The van der Waals surface area contributed by atoms with Crippen molar-refractivity contribution in [3.05, 3.63) is 38.0 Å². The number of nitrogens with zero attached hydrogens (tertiary/aromatic N) is 1. The Morgan fingerprint density at radius 2 is 2.10 bits per heavy atom. The first-order valence-corrected chi connectivity index (χ1v) is 8.09. The van der Waals surface area contributed by atoms with Crippen LogP contribution in [0.2, 0.25) is 0 Å². The Kier molecular flexibility index (Phi) is 5.29. The summed E-state index contributed by atoms with van der Waals surface area (Å²) in [6.45, 7) is 2.93. The van der Waals surface area contributed by atoms with Crippen LogP contribution >= 0.6 is 22.7 Å². The minimum atomic E-state index is -1.03. The molecule has 3 N–H and O–H groups in total. The number of aromatic carboxylic acids is 1. The molecule has 2 aromatic heterocycles. The molecule has 21 heavy (non-hydrogen) atoms. The Bertz CT molecular complexity index is 636. The maximum Gasteiger partial charge on any atom is 0.355 e. The molecule has 0 atom stereocenters. The van der Waals surface area contributed by atoms with E-state index in [2.05, 4.69) is 15.6 Å². The Morgan fingerprint density at radius 1 is 1.29 bits per heavy atom. The Morgan fingerprint density at radius 3 is 2.71 bits per heavy atom. The summed E-state index contributed by atoms with van der Waals surface area (Å²) < 4.78 is 0. The Balaban J connectivity index is 1.69.